The highest BCUT2D eigenvalue weighted by Crippen LogP contribution is 2.24. The molecule has 0 radical (unpaired) electrons. The molecular weight excluding hydrogens is 316 g/mol. The summed E-state index contributed by atoms with van der Waals surface area (Å²) in [6.07, 6.45) is 0.492. The summed E-state index contributed by atoms with van der Waals surface area (Å²) >= 11 is 6.69. The molecule has 110 valence electrons. The number of aromatic nitrogens is 1. The molecule has 0 aliphatic rings. The zero-order valence-corrected chi connectivity index (χ0v) is 12.2. The molecule has 1 atom stereocenters. The fourth-order valence-electron chi connectivity index (χ4n) is 1.51. The molecule has 2 N–H and O–H groups in total. The van der Waals surface area contributed by atoms with Crippen LogP contribution in [0.2, 0.25) is 4.34 Å². The molecular formula is C13H11ClN2O4S. The van der Waals surface area contributed by atoms with Crippen molar-refractivity contribution in [2.24, 2.45) is 0 Å². The van der Waals surface area contributed by atoms with Crippen molar-refractivity contribution >= 4 is 35.0 Å². The number of amides is 1. The van der Waals surface area contributed by atoms with Gasteiger partial charge in [-0.25, -0.2) is 14.6 Å². The maximum Gasteiger partial charge on any atom is 0.408 e. The highest BCUT2D eigenvalue weighted by atomic mass is 35.5. The first-order valence-electron chi connectivity index (χ1n) is 5.87. The molecule has 0 saturated heterocycles. The minimum atomic E-state index is -1.29. The van der Waals surface area contributed by atoms with Gasteiger partial charge in [0.1, 0.15) is 16.0 Å². The summed E-state index contributed by atoms with van der Waals surface area (Å²) in [7, 11) is 0. The zero-order valence-electron chi connectivity index (χ0n) is 10.7. The number of nitrogens with zero attached hydrogens (tertiary/aromatic N) is 1. The van der Waals surface area contributed by atoms with Crippen LogP contribution < -0.4 is 5.32 Å². The quantitative estimate of drug-likeness (QED) is 0.882. The van der Waals surface area contributed by atoms with Gasteiger partial charge in [0.2, 0.25) is 0 Å². The molecule has 21 heavy (non-hydrogen) atoms. The van der Waals surface area contributed by atoms with Gasteiger partial charge in [-0.15, -0.1) is 11.3 Å². The molecule has 1 unspecified atom stereocenters. The third-order valence-corrected chi connectivity index (χ3v) is 3.64. The highest BCUT2D eigenvalue weighted by molar-refractivity contribution is 7.16. The number of carbonyl (C=O) groups excluding carboxylic acids is 1. The van der Waals surface area contributed by atoms with Crippen LogP contribution >= 0.6 is 22.9 Å². The summed E-state index contributed by atoms with van der Waals surface area (Å²) in [6.45, 7) is 0.0532. The number of hydrogen-bond donors (Lipinski definition) is 2. The summed E-state index contributed by atoms with van der Waals surface area (Å²) in [5, 5.41) is 11.6. The molecule has 6 nitrogen and oxygen atoms in total. The number of carboxylic acids is 1. The number of ether oxygens (including phenoxy) is 1. The largest absolute Gasteiger partial charge is 0.479 e. The van der Waals surface area contributed by atoms with E-state index in [1.54, 1.807) is 12.1 Å². The first kappa shape index (κ1) is 15.3. The number of halogens is 1. The molecule has 0 fully saturated rings. The fraction of sp³-hybridized carbons (Fsp3) is 0.154. The first-order chi connectivity index (χ1) is 10.1. The smallest absolute Gasteiger partial charge is 0.408 e. The molecule has 2 aromatic rings. The number of carboxylic acid groups (broad SMARTS) is 1. The van der Waals surface area contributed by atoms with Gasteiger partial charge < -0.3 is 15.2 Å². The summed E-state index contributed by atoms with van der Waals surface area (Å²) in [4.78, 5) is 26.7. The van der Waals surface area contributed by atoms with Crippen LogP contribution in [-0.4, -0.2) is 22.2 Å². The molecule has 0 spiro atoms. The summed E-state index contributed by atoms with van der Waals surface area (Å²) in [5.74, 6) is -1.24. The van der Waals surface area contributed by atoms with E-state index in [1.165, 1.54) is 6.20 Å². The molecule has 0 aliphatic carbocycles. The van der Waals surface area contributed by atoms with Crippen molar-refractivity contribution < 1.29 is 19.4 Å². The average Bonchev–Trinajstić information content (AvgIpc) is 2.89. The normalized spacial score (nSPS) is 11.7. The molecule has 0 bridgehead atoms. The molecule has 1 amide bonds. The summed E-state index contributed by atoms with van der Waals surface area (Å²) < 4.78 is 5.31. The van der Waals surface area contributed by atoms with E-state index in [0.717, 1.165) is 16.9 Å². The van der Waals surface area contributed by atoms with Gasteiger partial charge in [0, 0.05) is 0 Å². The van der Waals surface area contributed by atoms with Crippen molar-refractivity contribution in [1.82, 2.24) is 10.3 Å². The SMILES string of the molecule is O=C(NC(C(=O)O)c1ncc(Cl)s1)OCc1ccccc1. The van der Waals surface area contributed by atoms with Gasteiger partial charge in [-0.1, -0.05) is 41.9 Å². The Morgan fingerprint density at radius 2 is 2.10 bits per heavy atom. The second kappa shape index (κ2) is 7.05. The predicted molar refractivity (Wildman–Crippen MR) is 77.3 cm³/mol. The maximum atomic E-state index is 11.7. The van der Waals surface area contributed by atoms with E-state index in [4.69, 9.17) is 21.4 Å². The standard InChI is InChI=1S/C13H11ClN2O4S/c14-9-6-15-11(21-9)10(12(17)18)16-13(19)20-7-8-4-2-1-3-5-8/h1-6,10H,7H2,(H,16,19)(H,17,18). The number of thiazole rings is 1. The fourth-order valence-corrected chi connectivity index (χ4v) is 2.49. The Morgan fingerprint density at radius 3 is 2.67 bits per heavy atom. The van der Waals surface area contributed by atoms with Crippen LogP contribution in [0.4, 0.5) is 4.79 Å². The predicted octanol–water partition coefficient (Wildman–Crippen LogP) is 2.85. The summed E-state index contributed by atoms with van der Waals surface area (Å²) in [5.41, 5.74) is 0.803. The molecule has 0 saturated carbocycles. The van der Waals surface area contributed by atoms with Crippen LogP contribution in [0.3, 0.4) is 0 Å². The van der Waals surface area contributed by atoms with E-state index in [-0.39, 0.29) is 11.6 Å². The Morgan fingerprint density at radius 1 is 1.38 bits per heavy atom. The summed E-state index contributed by atoms with van der Waals surface area (Å²) in [6, 6.07) is 7.77. The molecule has 0 aliphatic heterocycles. The van der Waals surface area contributed by atoms with Gasteiger partial charge in [0.15, 0.2) is 6.04 Å². The number of carbonyl (C=O) groups is 2. The van der Waals surface area contributed by atoms with Gasteiger partial charge in [0.25, 0.3) is 0 Å². The minimum absolute atomic E-state index is 0.0532. The Labute approximate surface area is 129 Å². The van der Waals surface area contributed by atoms with E-state index in [1.807, 2.05) is 18.2 Å². The molecule has 1 aromatic heterocycles. The lowest BCUT2D eigenvalue weighted by atomic mass is 10.2. The van der Waals surface area contributed by atoms with Gasteiger partial charge in [-0.2, -0.15) is 0 Å². The van der Waals surface area contributed by atoms with Crippen molar-refractivity contribution in [3.8, 4) is 0 Å². The molecule has 1 heterocycles. The number of benzene rings is 1. The lowest BCUT2D eigenvalue weighted by molar-refractivity contribution is -0.139. The van der Waals surface area contributed by atoms with Crippen LogP contribution in [0, 0.1) is 0 Å². The molecule has 2 rings (SSSR count). The van der Waals surface area contributed by atoms with E-state index < -0.39 is 18.1 Å². The van der Waals surface area contributed by atoms with Gasteiger partial charge in [-0.3, -0.25) is 0 Å². The first-order valence-corrected chi connectivity index (χ1v) is 7.07. The Kier molecular flexibility index (Phi) is 5.13. The van der Waals surface area contributed by atoms with Crippen molar-refractivity contribution in [3.05, 3.63) is 51.4 Å². The minimum Gasteiger partial charge on any atom is -0.479 e. The van der Waals surface area contributed by atoms with Crippen molar-refractivity contribution in [2.45, 2.75) is 12.6 Å². The maximum absolute atomic E-state index is 11.7. The van der Waals surface area contributed by atoms with Crippen LogP contribution in [0.5, 0.6) is 0 Å². The van der Waals surface area contributed by atoms with Crippen molar-refractivity contribution in [1.29, 1.82) is 0 Å². The van der Waals surface area contributed by atoms with Crippen LogP contribution in [0.1, 0.15) is 16.6 Å². The van der Waals surface area contributed by atoms with Gasteiger partial charge in [0.05, 0.1) is 6.20 Å². The Balaban J connectivity index is 1.94. The van der Waals surface area contributed by atoms with Crippen LogP contribution in [-0.2, 0) is 16.1 Å². The van der Waals surface area contributed by atoms with Crippen LogP contribution in [0.25, 0.3) is 0 Å². The van der Waals surface area contributed by atoms with Gasteiger partial charge in [-0.05, 0) is 5.56 Å². The highest BCUT2D eigenvalue weighted by Gasteiger charge is 2.25. The van der Waals surface area contributed by atoms with E-state index in [0.29, 0.717) is 4.34 Å². The number of aliphatic carboxylic acids is 1. The Bertz CT molecular complexity index is 632. The monoisotopic (exact) mass is 326 g/mol. The average molecular weight is 327 g/mol. The van der Waals surface area contributed by atoms with Crippen molar-refractivity contribution in [2.75, 3.05) is 0 Å². The topological polar surface area (TPSA) is 88.5 Å². The lowest BCUT2D eigenvalue weighted by Gasteiger charge is -2.12. The van der Waals surface area contributed by atoms with E-state index in [2.05, 4.69) is 10.3 Å². The number of nitrogens with one attached hydrogen (secondary N) is 1. The van der Waals surface area contributed by atoms with Gasteiger partial charge >= 0.3 is 12.1 Å². The number of hydrogen-bond acceptors (Lipinski definition) is 5. The second-order valence-electron chi connectivity index (χ2n) is 3.98. The van der Waals surface area contributed by atoms with Crippen LogP contribution in [0.15, 0.2) is 36.5 Å². The third-order valence-electron chi connectivity index (χ3n) is 2.46. The lowest BCUT2D eigenvalue weighted by Crippen LogP contribution is -2.34. The molecule has 1 aromatic carbocycles. The van der Waals surface area contributed by atoms with Crippen molar-refractivity contribution in [3.63, 3.8) is 0 Å². The second-order valence-corrected chi connectivity index (χ2v) is 5.67. The van der Waals surface area contributed by atoms with E-state index >= 15 is 0 Å². The zero-order chi connectivity index (χ0) is 15.2. The number of alkyl carbamates (subject to hydrolysis) is 1. The molecule has 8 heteroatoms. The third kappa shape index (κ3) is 4.44. The van der Waals surface area contributed by atoms with E-state index in [9.17, 15) is 9.59 Å². The number of rotatable bonds is 5. The Hall–Kier alpha value is -2.12.